The predicted molar refractivity (Wildman–Crippen MR) is 124 cm³/mol. The minimum absolute atomic E-state index is 0.0780. The molecule has 178 valence electrons. The maximum atomic E-state index is 13.0. The molecule has 1 aromatic carbocycles. The quantitative estimate of drug-likeness (QED) is 0.379. The molecule has 9 nitrogen and oxygen atoms in total. The number of fused-ring (bicyclic) bond motifs is 1. The van der Waals surface area contributed by atoms with Crippen molar-refractivity contribution >= 4 is 39.3 Å². The van der Waals surface area contributed by atoms with Crippen LogP contribution >= 0.6 is 11.3 Å². The summed E-state index contributed by atoms with van der Waals surface area (Å²) in [5, 5.41) is 8.86. The normalized spacial score (nSPS) is 14.2. The average Bonchev–Trinajstić information content (AvgIpc) is 3.17. The number of methoxy groups -OCH3 is 2. The standard InChI is InChI=1S/C22H26N2O7S2/c1-30-16-11-14(9-10-20(25)26)12-19(21(16)31-2)33(28,29)24-23-22(27)18-13-15-7-5-3-4-6-8-17(15)32-18/h9-13,24H,3-8H2,1-2H3,(H,23,27)(H,25,26)/b10-9+. The Labute approximate surface area is 196 Å². The zero-order chi connectivity index (χ0) is 24.0. The van der Waals surface area contributed by atoms with Crippen molar-refractivity contribution in [2.24, 2.45) is 0 Å². The lowest BCUT2D eigenvalue weighted by molar-refractivity contribution is -0.131. The van der Waals surface area contributed by atoms with Crippen LogP contribution in [0.4, 0.5) is 0 Å². The van der Waals surface area contributed by atoms with Gasteiger partial charge in [-0.3, -0.25) is 10.2 Å². The average molecular weight is 495 g/mol. The molecule has 1 amide bonds. The van der Waals surface area contributed by atoms with Crippen LogP contribution in [0.1, 0.15) is 51.4 Å². The molecular formula is C22H26N2O7S2. The third-order valence-corrected chi connectivity index (χ3v) is 7.68. The summed E-state index contributed by atoms with van der Waals surface area (Å²) in [6, 6.07) is 4.50. The molecule has 33 heavy (non-hydrogen) atoms. The van der Waals surface area contributed by atoms with Crippen molar-refractivity contribution in [3.05, 3.63) is 45.2 Å². The molecule has 3 rings (SSSR count). The number of hydrazine groups is 1. The molecule has 11 heteroatoms. The molecule has 0 fully saturated rings. The molecule has 0 saturated heterocycles. The van der Waals surface area contributed by atoms with Gasteiger partial charge in [0, 0.05) is 11.0 Å². The van der Waals surface area contributed by atoms with Crippen molar-refractivity contribution in [1.29, 1.82) is 0 Å². The monoisotopic (exact) mass is 494 g/mol. The van der Waals surface area contributed by atoms with Gasteiger partial charge in [-0.1, -0.05) is 12.8 Å². The fourth-order valence-electron chi connectivity index (χ4n) is 3.60. The summed E-state index contributed by atoms with van der Waals surface area (Å²) in [6.45, 7) is 0. The summed E-state index contributed by atoms with van der Waals surface area (Å²) in [4.78, 5) is 26.9. The van der Waals surface area contributed by atoms with Gasteiger partial charge in [0.25, 0.3) is 15.9 Å². The Balaban J connectivity index is 1.84. The van der Waals surface area contributed by atoms with Crippen LogP contribution in [0.15, 0.2) is 29.2 Å². The third kappa shape index (κ3) is 6.12. The van der Waals surface area contributed by atoms with Gasteiger partial charge in [-0.15, -0.1) is 16.2 Å². The van der Waals surface area contributed by atoms with Gasteiger partial charge in [-0.2, -0.15) is 0 Å². The zero-order valence-electron chi connectivity index (χ0n) is 18.3. The first-order chi connectivity index (χ1) is 15.7. The first kappa shape index (κ1) is 24.7. The second-order valence-corrected chi connectivity index (χ2v) is 10.2. The highest BCUT2D eigenvalue weighted by Crippen LogP contribution is 2.36. The lowest BCUT2D eigenvalue weighted by Crippen LogP contribution is -2.41. The van der Waals surface area contributed by atoms with Crippen LogP contribution in [-0.4, -0.2) is 39.6 Å². The minimum Gasteiger partial charge on any atom is -0.493 e. The molecule has 0 saturated carbocycles. The summed E-state index contributed by atoms with van der Waals surface area (Å²) < 4.78 is 36.4. The number of benzene rings is 1. The number of ether oxygens (including phenoxy) is 2. The predicted octanol–water partition coefficient (Wildman–Crippen LogP) is 3.15. The van der Waals surface area contributed by atoms with Crippen LogP contribution in [0.3, 0.4) is 0 Å². The van der Waals surface area contributed by atoms with E-state index in [1.165, 1.54) is 61.5 Å². The number of carbonyl (C=O) groups excluding carboxylic acids is 1. The van der Waals surface area contributed by atoms with E-state index in [0.29, 0.717) is 4.88 Å². The Morgan fingerprint density at radius 3 is 2.45 bits per heavy atom. The molecule has 1 aliphatic carbocycles. The van der Waals surface area contributed by atoms with Gasteiger partial charge in [-0.05, 0) is 61.1 Å². The molecule has 0 aliphatic heterocycles. The molecule has 0 atom stereocenters. The van der Waals surface area contributed by atoms with Gasteiger partial charge in [-0.25, -0.2) is 13.2 Å². The van der Waals surface area contributed by atoms with Gasteiger partial charge >= 0.3 is 5.97 Å². The first-order valence-electron chi connectivity index (χ1n) is 10.4. The summed E-state index contributed by atoms with van der Waals surface area (Å²) in [5.41, 5.74) is 3.68. The largest absolute Gasteiger partial charge is 0.493 e. The number of carboxylic acid groups (broad SMARTS) is 1. The second kappa shape index (κ2) is 10.8. The van der Waals surface area contributed by atoms with Crippen LogP contribution in [0.2, 0.25) is 0 Å². The fourth-order valence-corrected chi connectivity index (χ4v) is 5.80. The fraction of sp³-hybridized carbons (Fsp3) is 0.364. The van der Waals surface area contributed by atoms with Gasteiger partial charge < -0.3 is 14.6 Å². The Kier molecular flexibility index (Phi) is 8.11. The molecule has 2 aromatic rings. The molecule has 1 aromatic heterocycles. The molecular weight excluding hydrogens is 468 g/mol. The number of hydrogen-bond acceptors (Lipinski definition) is 7. The van der Waals surface area contributed by atoms with Crippen LogP contribution in [-0.2, 0) is 27.7 Å². The van der Waals surface area contributed by atoms with E-state index in [2.05, 4.69) is 10.3 Å². The van der Waals surface area contributed by atoms with Crippen LogP contribution in [0, 0.1) is 0 Å². The van der Waals surface area contributed by atoms with Crippen molar-refractivity contribution < 1.29 is 32.6 Å². The maximum Gasteiger partial charge on any atom is 0.328 e. The lowest BCUT2D eigenvalue weighted by atomic mass is 10.00. The van der Waals surface area contributed by atoms with Gasteiger partial charge in [0.1, 0.15) is 4.90 Å². The number of sulfonamides is 1. The number of hydrogen-bond donors (Lipinski definition) is 3. The Bertz CT molecular complexity index is 1140. The van der Waals surface area contributed by atoms with Crippen molar-refractivity contribution in [3.63, 3.8) is 0 Å². The molecule has 3 N–H and O–H groups in total. The van der Waals surface area contributed by atoms with Crippen molar-refractivity contribution in [1.82, 2.24) is 10.3 Å². The summed E-state index contributed by atoms with van der Waals surface area (Å²) in [5.74, 6) is -1.73. The van der Waals surface area contributed by atoms with E-state index in [9.17, 15) is 18.0 Å². The van der Waals surface area contributed by atoms with E-state index in [-0.39, 0.29) is 22.0 Å². The molecule has 1 aliphatic rings. The molecule has 0 bridgehead atoms. The number of carbonyl (C=O) groups is 2. The number of rotatable bonds is 8. The van der Waals surface area contributed by atoms with E-state index in [4.69, 9.17) is 14.6 Å². The smallest absolute Gasteiger partial charge is 0.328 e. The minimum atomic E-state index is -4.28. The second-order valence-electron chi connectivity index (χ2n) is 7.46. The summed E-state index contributed by atoms with van der Waals surface area (Å²) in [6.07, 6.45) is 8.43. The van der Waals surface area contributed by atoms with Gasteiger partial charge in [0.15, 0.2) is 11.5 Å². The first-order valence-corrected chi connectivity index (χ1v) is 12.7. The van der Waals surface area contributed by atoms with Gasteiger partial charge in [0.2, 0.25) is 0 Å². The van der Waals surface area contributed by atoms with Crippen LogP contribution in [0.5, 0.6) is 11.5 Å². The van der Waals surface area contributed by atoms with Crippen molar-refractivity contribution in [2.75, 3.05) is 14.2 Å². The number of amides is 1. The van der Waals surface area contributed by atoms with Crippen LogP contribution in [0.25, 0.3) is 6.08 Å². The van der Waals surface area contributed by atoms with Crippen molar-refractivity contribution in [3.8, 4) is 11.5 Å². The summed E-state index contributed by atoms with van der Waals surface area (Å²) in [7, 11) is -1.67. The molecule has 1 heterocycles. The Morgan fingerprint density at radius 1 is 1.06 bits per heavy atom. The number of carboxylic acids is 1. The topological polar surface area (TPSA) is 131 Å². The number of aliphatic carboxylic acids is 1. The van der Waals surface area contributed by atoms with E-state index < -0.39 is 21.9 Å². The van der Waals surface area contributed by atoms with Crippen molar-refractivity contribution in [2.45, 2.75) is 43.4 Å². The lowest BCUT2D eigenvalue weighted by Gasteiger charge is -2.15. The molecule has 0 unspecified atom stereocenters. The maximum absolute atomic E-state index is 13.0. The van der Waals surface area contributed by atoms with E-state index in [1.807, 2.05) is 6.07 Å². The van der Waals surface area contributed by atoms with E-state index in [0.717, 1.165) is 37.3 Å². The zero-order valence-corrected chi connectivity index (χ0v) is 20.0. The Hall–Kier alpha value is -2.89. The third-order valence-electron chi connectivity index (χ3n) is 5.19. The summed E-state index contributed by atoms with van der Waals surface area (Å²) >= 11 is 1.38. The molecule has 0 spiro atoms. The number of thiophene rings is 1. The van der Waals surface area contributed by atoms with E-state index >= 15 is 0 Å². The van der Waals surface area contributed by atoms with E-state index in [1.54, 1.807) is 0 Å². The highest BCUT2D eigenvalue weighted by molar-refractivity contribution is 7.89. The molecule has 0 radical (unpaired) electrons. The highest BCUT2D eigenvalue weighted by Gasteiger charge is 2.25. The Morgan fingerprint density at radius 2 is 1.79 bits per heavy atom. The highest BCUT2D eigenvalue weighted by atomic mass is 32.2. The SMILES string of the molecule is COc1cc(/C=C/C(=O)O)cc(S(=O)(=O)NNC(=O)c2cc3c(s2)CCCCCC3)c1OC. The number of aryl methyl sites for hydroxylation is 2. The number of nitrogens with one attached hydrogen (secondary N) is 2. The van der Waals surface area contributed by atoms with Crippen LogP contribution < -0.4 is 19.7 Å². The van der Waals surface area contributed by atoms with Gasteiger partial charge in [0.05, 0.1) is 19.1 Å².